The quantitative estimate of drug-likeness (QED) is 0.667. The summed E-state index contributed by atoms with van der Waals surface area (Å²) in [6, 6.07) is 6.34. The van der Waals surface area contributed by atoms with Crippen LogP contribution < -0.4 is 10.7 Å². The lowest BCUT2D eigenvalue weighted by atomic mass is 9.73. The van der Waals surface area contributed by atoms with Gasteiger partial charge in [0.2, 0.25) is 0 Å². The van der Waals surface area contributed by atoms with Gasteiger partial charge in [-0.25, -0.2) is 0 Å². The average molecular weight is 399 g/mol. The van der Waals surface area contributed by atoms with E-state index in [4.69, 9.17) is 0 Å². The Balaban J connectivity index is 1.90. The number of hydrogen-bond acceptors (Lipinski definition) is 6. The van der Waals surface area contributed by atoms with Gasteiger partial charge in [0.1, 0.15) is 0 Å². The van der Waals surface area contributed by atoms with Crippen molar-refractivity contribution in [2.24, 2.45) is 10.8 Å². The van der Waals surface area contributed by atoms with E-state index in [1.165, 1.54) is 0 Å². The largest absolute Gasteiger partial charge is 0.767 e. The first-order valence-electron chi connectivity index (χ1n) is 10.1. The zero-order valence-electron chi connectivity index (χ0n) is 18.2. The summed E-state index contributed by atoms with van der Waals surface area (Å²) in [4.78, 5) is 12.8. The number of para-hydroxylation sites is 1. The van der Waals surface area contributed by atoms with Crippen LogP contribution >= 0.6 is 0 Å². The van der Waals surface area contributed by atoms with Crippen molar-refractivity contribution in [2.45, 2.75) is 60.1 Å². The number of nitrogens with one attached hydrogen (secondary N) is 2. The zero-order valence-corrected chi connectivity index (χ0v) is 18.2. The number of aliphatic hydroxyl groups excluding tert-OH is 1. The summed E-state index contributed by atoms with van der Waals surface area (Å²) in [6.07, 6.45) is 1.66. The Kier molecular flexibility index (Phi) is 5.64. The Labute approximate surface area is 173 Å². The minimum Gasteiger partial charge on any atom is -0.767 e. The first kappa shape index (κ1) is 21.6. The van der Waals surface area contributed by atoms with E-state index in [1.54, 1.807) is 12.1 Å². The van der Waals surface area contributed by atoms with Crippen LogP contribution in [0.4, 0.5) is 5.69 Å². The summed E-state index contributed by atoms with van der Waals surface area (Å²) in [5.74, 6) is -0.206. The fourth-order valence-corrected chi connectivity index (χ4v) is 3.97. The van der Waals surface area contributed by atoms with Crippen LogP contribution in [0.3, 0.4) is 0 Å². The van der Waals surface area contributed by atoms with Crippen LogP contribution in [0.5, 0.6) is 0 Å². The van der Waals surface area contributed by atoms with Crippen molar-refractivity contribution in [1.82, 2.24) is 10.6 Å². The van der Waals surface area contributed by atoms with Gasteiger partial charge in [-0.1, -0.05) is 59.8 Å². The molecule has 1 aliphatic carbocycles. The molecule has 0 bridgehead atoms. The van der Waals surface area contributed by atoms with Gasteiger partial charge in [0.05, 0.1) is 12.1 Å². The van der Waals surface area contributed by atoms with E-state index in [-0.39, 0.29) is 23.2 Å². The van der Waals surface area contributed by atoms with Crippen molar-refractivity contribution in [2.75, 3.05) is 11.9 Å². The van der Waals surface area contributed by atoms with E-state index in [2.05, 4.69) is 52.3 Å². The molecule has 0 spiro atoms. The van der Waals surface area contributed by atoms with Crippen molar-refractivity contribution in [3.05, 3.63) is 58.0 Å². The highest BCUT2D eigenvalue weighted by atomic mass is 16.5. The first-order valence-corrected chi connectivity index (χ1v) is 10.1. The van der Waals surface area contributed by atoms with Gasteiger partial charge in [0.15, 0.2) is 5.78 Å². The second-order valence-electron chi connectivity index (χ2n) is 9.96. The number of anilines is 1. The number of carbonyl (C=O) groups is 1. The summed E-state index contributed by atoms with van der Waals surface area (Å²) >= 11 is 0. The Morgan fingerprint density at radius 1 is 1.14 bits per heavy atom. The maximum atomic E-state index is 13.0. The molecular weight excluding hydrogens is 366 g/mol. The molecule has 0 saturated carbocycles. The molecular formula is C23H32N3O3-. The van der Waals surface area contributed by atoms with E-state index < -0.39 is 12.1 Å². The smallest absolute Gasteiger partial charge is 0.184 e. The molecule has 0 fully saturated rings. The molecule has 2 unspecified atom stereocenters. The van der Waals surface area contributed by atoms with Gasteiger partial charge >= 0.3 is 0 Å². The molecule has 2 atom stereocenters. The van der Waals surface area contributed by atoms with Crippen LogP contribution in [0.15, 0.2) is 47.2 Å². The van der Waals surface area contributed by atoms with Crippen LogP contribution in [0.1, 0.15) is 58.3 Å². The Hall–Kier alpha value is -2.15. The minimum absolute atomic E-state index is 0.175. The predicted molar refractivity (Wildman–Crippen MR) is 116 cm³/mol. The topological polar surface area (TPSA) is 87.7 Å². The van der Waals surface area contributed by atoms with Gasteiger partial charge in [-0.2, -0.15) is 0 Å². The van der Waals surface area contributed by atoms with Gasteiger partial charge in [-0.3, -0.25) is 9.97 Å². The Bertz CT molecular complexity index is 859. The fourth-order valence-electron chi connectivity index (χ4n) is 3.97. The van der Waals surface area contributed by atoms with Gasteiger partial charge in [0.25, 0.3) is 0 Å². The van der Waals surface area contributed by atoms with Crippen molar-refractivity contribution >= 4 is 11.5 Å². The van der Waals surface area contributed by atoms with E-state index in [0.29, 0.717) is 22.9 Å². The summed E-state index contributed by atoms with van der Waals surface area (Å²) in [5.41, 5.74) is 6.38. The number of rotatable bonds is 3. The maximum Gasteiger partial charge on any atom is 0.184 e. The third kappa shape index (κ3) is 4.39. The van der Waals surface area contributed by atoms with Crippen molar-refractivity contribution in [1.29, 1.82) is 0 Å². The number of aliphatic hydroxyl groups is 1. The van der Waals surface area contributed by atoms with Gasteiger partial charge in [-0.15, -0.1) is 0 Å². The van der Waals surface area contributed by atoms with E-state index >= 15 is 0 Å². The number of ketones is 1. The Morgan fingerprint density at radius 2 is 1.79 bits per heavy atom. The molecule has 1 aromatic carbocycles. The van der Waals surface area contributed by atoms with E-state index in [1.807, 2.05) is 18.2 Å². The molecule has 0 saturated heterocycles. The second-order valence-corrected chi connectivity index (χ2v) is 9.96. The zero-order chi connectivity index (χ0) is 21.6. The molecule has 1 aliphatic heterocycles. The number of hydrazine groups is 1. The highest BCUT2D eigenvalue weighted by Crippen LogP contribution is 2.41. The van der Waals surface area contributed by atoms with Gasteiger partial charge in [0, 0.05) is 29.9 Å². The Morgan fingerprint density at radius 3 is 2.41 bits per heavy atom. The number of carbonyl (C=O) groups excluding carboxylic acids is 1. The normalized spacial score (nSPS) is 22.9. The number of fused-ring (bicyclic) bond motifs is 1. The molecule has 3 N–H and O–H groups in total. The van der Waals surface area contributed by atoms with Crippen LogP contribution in [0, 0.1) is 16.0 Å². The number of nitrogens with zero attached hydrogens (tertiary/aromatic N) is 1. The molecule has 158 valence electrons. The van der Waals surface area contributed by atoms with Crippen LogP contribution in [-0.2, 0) is 0 Å². The number of Topliss-reactive ketones (excluding diaryl/α,β-unsaturated/α-hetero) is 1. The monoisotopic (exact) mass is 398 g/mol. The summed E-state index contributed by atoms with van der Waals surface area (Å²) in [5, 5.41) is 27.5. The van der Waals surface area contributed by atoms with Crippen molar-refractivity contribution < 1.29 is 9.90 Å². The molecule has 0 amide bonds. The molecule has 3 rings (SSSR count). The SMILES string of the molecule is CC(C)(C)C1=CC(C(C)(C)C)=C(NN([O-])C2CNc3ccccc3C2=O)CC1O. The lowest BCUT2D eigenvalue weighted by Gasteiger charge is -2.43. The van der Waals surface area contributed by atoms with Gasteiger partial charge in [-0.05, 0) is 34.1 Å². The van der Waals surface area contributed by atoms with Crippen LogP contribution in [0.2, 0.25) is 0 Å². The molecule has 0 radical (unpaired) electrons. The summed E-state index contributed by atoms with van der Waals surface area (Å²) in [7, 11) is 0. The van der Waals surface area contributed by atoms with E-state index in [9.17, 15) is 15.1 Å². The number of allylic oxidation sites excluding steroid dienone is 2. The second kappa shape index (κ2) is 7.59. The van der Waals surface area contributed by atoms with Gasteiger partial charge < -0.3 is 21.1 Å². The first-order chi connectivity index (χ1) is 13.4. The third-order valence-corrected chi connectivity index (χ3v) is 5.56. The molecule has 2 aliphatic rings. The lowest BCUT2D eigenvalue weighted by molar-refractivity contribution is 0.0833. The number of hydrogen-bond donors (Lipinski definition) is 3. The van der Waals surface area contributed by atoms with Crippen molar-refractivity contribution in [3.8, 4) is 0 Å². The van der Waals surface area contributed by atoms with Crippen LogP contribution in [0.25, 0.3) is 0 Å². The molecule has 0 aromatic heterocycles. The van der Waals surface area contributed by atoms with Crippen molar-refractivity contribution in [3.63, 3.8) is 0 Å². The molecule has 29 heavy (non-hydrogen) atoms. The highest BCUT2D eigenvalue weighted by molar-refractivity contribution is 6.06. The van der Waals surface area contributed by atoms with Crippen LogP contribution in [-0.4, -0.2) is 34.8 Å². The molecule has 6 nitrogen and oxygen atoms in total. The predicted octanol–water partition coefficient (Wildman–Crippen LogP) is 4.01. The summed E-state index contributed by atoms with van der Waals surface area (Å²) in [6.45, 7) is 12.7. The lowest BCUT2D eigenvalue weighted by Crippen LogP contribution is -2.52. The number of benzene rings is 1. The highest BCUT2D eigenvalue weighted by Gasteiger charge is 2.34. The molecule has 6 heteroatoms. The minimum atomic E-state index is -0.872. The third-order valence-electron chi connectivity index (χ3n) is 5.56. The maximum absolute atomic E-state index is 13.0. The fraction of sp³-hybridized carbons (Fsp3) is 0.522. The van der Waals surface area contributed by atoms with E-state index in [0.717, 1.165) is 16.8 Å². The molecule has 1 aromatic rings. The average Bonchev–Trinajstić information content (AvgIpc) is 2.60. The standard InChI is InChI=1S/C23H32N3O3/c1-22(2,3)15-11-16(23(4,5)6)20(27)12-18(15)25-26(29)19-13-24-17-10-8-7-9-14(17)21(19)28/h7-11,19-20,24-25,27H,12-13H2,1-6H3/q-1. The number of hydroxylamine groups is 1. The molecule has 1 heterocycles. The summed E-state index contributed by atoms with van der Waals surface area (Å²) < 4.78 is 0.